The van der Waals surface area contributed by atoms with Crippen molar-refractivity contribution < 1.29 is 41.8 Å². The molecular weight excluding hydrogens is 765 g/mol. The van der Waals surface area contributed by atoms with E-state index < -0.39 is 41.3 Å². The second kappa shape index (κ2) is 16.5. The molecule has 308 valence electrons. The van der Waals surface area contributed by atoms with Crippen molar-refractivity contribution in [1.29, 1.82) is 0 Å². The van der Waals surface area contributed by atoms with Crippen LogP contribution in [0.15, 0.2) is 91.1 Å². The number of phenols is 1. The highest BCUT2D eigenvalue weighted by Gasteiger charge is 2.44. The fraction of sp³-hybridized carbons (Fsp3) is 0.370. The summed E-state index contributed by atoms with van der Waals surface area (Å²) < 4.78 is 61.3. The molecule has 1 aliphatic carbocycles. The lowest BCUT2D eigenvalue weighted by Crippen LogP contribution is -2.51. The fourth-order valence-electron chi connectivity index (χ4n) is 9.10. The van der Waals surface area contributed by atoms with Gasteiger partial charge >= 0.3 is 6.18 Å². The number of aryl methyl sites for hydroxylation is 1. The molecule has 0 aromatic heterocycles. The summed E-state index contributed by atoms with van der Waals surface area (Å²) in [6, 6.07) is 20.0. The normalized spacial score (nSPS) is 21.1. The molecule has 2 saturated heterocycles. The lowest BCUT2D eigenvalue weighted by molar-refractivity contribution is -0.137. The lowest BCUT2D eigenvalue weighted by Gasteiger charge is -2.36. The molecule has 0 spiro atoms. The minimum atomic E-state index is -4.64. The molecule has 4 aromatic rings. The highest BCUT2D eigenvalue weighted by atomic mass is 19.4. The van der Waals surface area contributed by atoms with Gasteiger partial charge in [0.2, 0.25) is 5.91 Å². The van der Waals surface area contributed by atoms with Gasteiger partial charge in [0.25, 0.3) is 11.8 Å². The maximum atomic E-state index is 15.3. The first-order chi connectivity index (χ1) is 28.4. The van der Waals surface area contributed by atoms with Crippen molar-refractivity contribution in [1.82, 2.24) is 15.1 Å². The van der Waals surface area contributed by atoms with Crippen LogP contribution in [0.4, 0.5) is 23.2 Å². The maximum Gasteiger partial charge on any atom is 0.416 e. The van der Waals surface area contributed by atoms with Gasteiger partial charge < -0.3 is 20.1 Å². The monoisotopic (exact) mass is 810 g/mol. The van der Waals surface area contributed by atoms with Gasteiger partial charge in [-0.1, -0.05) is 30.8 Å². The standard InChI is InChI=1S/C46H46F4N4O5/c1-28-5-18-41(43(56)51-28)54-44(57)38-16-10-32(27-39(38)45(54)58)53-22-20-52(21-23-53)19-3-2-4-24-59-34-12-6-29(7-13-34)42-35-17-11-33(55)25-30(35)8-14-37(42)36-15-9-31(26-40(36)47)46(48,49)50/h6-7,9-13,15-17,25-27,37,41-42,55H,1-5,8,14,18-24H2,(H,51,56)/t37-,41?,42-/m0/s1. The summed E-state index contributed by atoms with van der Waals surface area (Å²) in [6.45, 7) is 8.57. The van der Waals surface area contributed by atoms with Crippen molar-refractivity contribution in [2.75, 3.05) is 44.2 Å². The molecule has 2 fully saturated rings. The summed E-state index contributed by atoms with van der Waals surface area (Å²) in [5.74, 6) is -2.01. The third-order valence-electron chi connectivity index (χ3n) is 12.2. The number of anilines is 1. The number of fused-ring (bicyclic) bond motifs is 2. The molecule has 4 aromatic carbocycles. The van der Waals surface area contributed by atoms with Crippen LogP contribution in [-0.4, -0.2) is 78.0 Å². The Morgan fingerprint density at radius 1 is 0.797 bits per heavy atom. The fourth-order valence-corrected chi connectivity index (χ4v) is 9.10. The molecule has 0 saturated carbocycles. The predicted molar refractivity (Wildman–Crippen MR) is 214 cm³/mol. The van der Waals surface area contributed by atoms with Gasteiger partial charge in [0.05, 0.1) is 23.3 Å². The number of unbranched alkanes of at least 4 members (excludes halogenated alkanes) is 2. The Balaban J connectivity index is 0.804. The van der Waals surface area contributed by atoms with Crippen molar-refractivity contribution in [3.05, 3.63) is 136 Å². The van der Waals surface area contributed by atoms with Crippen molar-refractivity contribution in [3.8, 4) is 11.5 Å². The average Bonchev–Trinajstić information content (AvgIpc) is 3.46. The molecule has 9 nitrogen and oxygen atoms in total. The number of allylic oxidation sites excluding steroid dienone is 1. The van der Waals surface area contributed by atoms with Crippen molar-refractivity contribution >= 4 is 23.4 Å². The van der Waals surface area contributed by atoms with Crippen molar-refractivity contribution in [3.63, 3.8) is 0 Å². The van der Waals surface area contributed by atoms with Crippen LogP contribution >= 0.6 is 0 Å². The molecule has 3 atom stereocenters. The van der Waals surface area contributed by atoms with E-state index in [1.54, 1.807) is 24.3 Å². The number of alkyl halides is 3. The van der Waals surface area contributed by atoms with Crippen LogP contribution in [-0.2, 0) is 17.4 Å². The number of imide groups is 1. The van der Waals surface area contributed by atoms with Crippen molar-refractivity contribution in [2.45, 2.75) is 69.0 Å². The number of ether oxygens (including phenoxy) is 1. The Labute approximate surface area is 340 Å². The molecule has 0 bridgehead atoms. The molecule has 0 radical (unpaired) electrons. The SMILES string of the molecule is C=C1CCC(N2C(=O)c3ccc(N4CCN(CCCCCOc5ccc([C@H]6c7ccc(O)cc7CC[C@H]6c6ccc(C(F)(F)F)cc6F)cc5)CC4)cc3C2=O)C(=O)N1. The van der Waals surface area contributed by atoms with Gasteiger partial charge in [-0.2, -0.15) is 13.2 Å². The van der Waals surface area contributed by atoms with E-state index >= 15 is 4.39 Å². The predicted octanol–water partition coefficient (Wildman–Crippen LogP) is 8.17. The van der Waals surface area contributed by atoms with E-state index in [9.17, 15) is 32.7 Å². The van der Waals surface area contributed by atoms with Crippen LogP contribution in [0.2, 0.25) is 0 Å². The minimum absolute atomic E-state index is 0.132. The number of piperidine rings is 1. The van der Waals surface area contributed by atoms with Crippen LogP contribution in [0.5, 0.6) is 11.5 Å². The second-order valence-electron chi connectivity index (χ2n) is 15.9. The van der Waals surface area contributed by atoms with Crippen LogP contribution in [0.1, 0.15) is 98.9 Å². The van der Waals surface area contributed by atoms with Gasteiger partial charge in [0, 0.05) is 43.5 Å². The van der Waals surface area contributed by atoms with Crippen molar-refractivity contribution in [2.24, 2.45) is 0 Å². The number of nitrogens with one attached hydrogen (secondary N) is 1. The molecule has 4 aliphatic rings. The van der Waals surface area contributed by atoms with E-state index in [1.165, 1.54) is 6.07 Å². The molecule has 3 amide bonds. The number of hydrogen-bond donors (Lipinski definition) is 2. The molecule has 1 unspecified atom stereocenters. The Morgan fingerprint density at radius 2 is 1.54 bits per heavy atom. The van der Waals surface area contributed by atoms with Crippen LogP contribution in [0.3, 0.4) is 0 Å². The highest BCUT2D eigenvalue weighted by Crippen LogP contribution is 2.48. The maximum absolute atomic E-state index is 15.3. The Bertz CT molecular complexity index is 2270. The number of carbonyl (C=O) groups is 3. The number of amides is 3. The zero-order valence-electron chi connectivity index (χ0n) is 32.6. The third kappa shape index (κ3) is 8.30. The van der Waals surface area contributed by atoms with Gasteiger partial charge in [-0.3, -0.25) is 24.2 Å². The zero-order chi connectivity index (χ0) is 41.4. The molecule has 2 N–H and O–H groups in total. The first-order valence-corrected chi connectivity index (χ1v) is 20.2. The molecular formula is C46H46F4N4O5. The van der Waals surface area contributed by atoms with Gasteiger partial charge in [-0.05, 0) is 134 Å². The molecule has 13 heteroatoms. The average molecular weight is 811 g/mol. The number of nitrogens with zero attached hydrogens (tertiary/aromatic N) is 3. The summed E-state index contributed by atoms with van der Waals surface area (Å²) in [6.07, 6.45) is 0.173. The topological polar surface area (TPSA) is 102 Å². The number of piperazine rings is 1. The van der Waals surface area contributed by atoms with E-state index in [1.807, 2.05) is 36.4 Å². The summed E-state index contributed by atoms with van der Waals surface area (Å²) >= 11 is 0. The number of halogens is 4. The van der Waals surface area contributed by atoms with E-state index in [2.05, 4.69) is 21.7 Å². The van der Waals surface area contributed by atoms with Gasteiger partial charge in [0.1, 0.15) is 23.4 Å². The number of phenolic OH excluding ortho intramolecular Hbond substituents is 1. The number of carbonyl (C=O) groups excluding carboxylic acids is 3. The molecule has 8 rings (SSSR count). The summed E-state index contributed by atoms with van der Waals surface area (Å²) in [5.41, 5.74) is 4.10. The van der Waals surface area contributed by atoms with E-state index in [0.717, 1.165) is 85.3 Å². The lowest BCUT2D eigenvalue weighted by atomic mass is 9.69. The number of hydrogen-bond acceptors (Lipinski definition) is 7. The summed E-state index contributed by atoms with van der Waals surface area (Å²) in [4.78, 5) is 44.8. The quantitative estimate of drug-likeness (QED) is 0.0896. The van der Waals surface area contributed by atoms with Crippen LogP contribution < -0.4 is 15.0 Å². The van der Waals surface area contributed by atoms with E-state index in [0.29, 0.717) is 60.9 Å². The summed E-state index contributed by atoms with van der Waals surface area (Å²) in [7, 11) is 0. The number of aromatic hydroxyl groups is 1. The number of benzene rings is 4. The first-order valence-electron chi connectivity index (χ1n) is 20.2. The number of rotatable bonds is 11. The highest BCUT2D eigenvalue weighted by molar-refractivity contribution is 6.23. The smallest absolute Gasteiger partial charge is 0.416 e. The Kier molecular flexibility index (Phi) is 11.2. The third-order valence-corrected chi connectivity index (χ3v) is 12.2. The largest absolute Gasteiger partial charge is 0.508 e. The van der Waals surface area contributed by atoms with Gasteiger partial charge in [-0.15, -0.1) is 0 Å². The van der Waals surface area contributed by atoms with Crippen LogP contribution in [0.25, 0.3) is 0 Å². The Hall–Kier alpha value is -5.69. The Morgan fingerprint density at radius 3 is 2.27 bits per heavy atom. The zero-order valence-corrected chi connectivity index (χ0v) is 32.6. The van der Waals surface area contributed by atoms with Gasteiger partial charge in [0.15, 0.2) is 0 Å². The van der Waals surface area contributed by atoms with E-state index in [4.69, 9.17) is 4.74 Å². The second-order valence-corrected chi connectivity index (χ2v) is 15.9. The minimum Gasteiger partial charge on any atom is -0.508 e. The molecule has 59 heavy (non-hydrogen) atoms. The van der Waals surface area contributed by atoms with E-state index in [-0.39, 0.29) is 23.1 Å². The molecule has 3 aliphatic heterocycles. The molecule has 3 heterocycles. The van der Waals surface area contributed by atoms with Crippen LogP contribution in [0, 0.1) is 5.82 Å². The first kappa shape index (κ1) is 40.1. The summed E-state index contributed by atoms with van der Waals surface area (Å²) in [5, 5.41) is 12.8. The van der Waals surface area contributed by atoms with Gasteiger partial charge in [-0.25, -0.2) is 4.39 Å².